The van der Waals surface area contributed by atoms with Crippen molar-refractivity contribution < 1.29 is 17.4 Å². The summed E-state index contributed by atoms with van der Waals surface area (Å²) in [6, 6.07) is 9.79. The molecule has 0 aliphatic heterocycles. The van der Waals surface area contributed by atoms with Crippen molar-refractivity contribution in [1.29, 1.82) is 0 Å². The van der Waals surface area contributed by atoms with Crippen LogP contribution in [0, 0.1) is 12.8 Å². The van der Waals surface area contributed by atoms with Crippen LogP contribution >= 0.6 is 11.3 Å². The fraction of sp³-hybridized carbons (Fsp3) is 0.238. The Labute approximate surface area is 168 Å². The van der Waals surface area contributed by atoms with E-state index in [0.29, 0.717) is 18.4 Å². The van der Waals surface area contributed by atoms with E-state index in [0.717, 1.165) is 21.7 Å². The molecule has 0 fully saturated rings. The van der Waals surface area contributed by atoms with Crippen LogP contribution in [0.4, 0.5) is 0 Å². The highest BCUT2D eigenvalue weighted by molar-refractivity contribution is 7.87. The van der Waals surface area contributed by atoms with Crippen LogP contribution in [-0.4, -0.2) is 19.2 Å². The number of thiazole rings is 1. The Kier molecular flexibility index (Phi) is 4.81. The molecule has 28 heavy (non-hydrogen) atoms. The van der Waals surface area contributed by atoms with Crippen LogP contribution in [0.15, 0.2) is 52.9 Å². The molecular weight excluding hydrogens is 394 g/mol. The van der Waals surface area contributed by atoms with Gasteiger partial charge in [0.25, 0.3) is 0 Å². The van der Waals surface area contributed by atoms with Crippen molar-refractivity contribution in [3.63, 3.8) is 0 Å². The Morgan fingerprint density at radius 3 is 2.54 bits per heavy atom. The van der Waals surface area contributed by atoms with E-state index < -0.39 is 10.1 Å². The largest absolute Gasteiger partial charge is 0.378 e. The minimum atomic E-state index is -4.03. The third-order valence-electron chi connectivity index (χ3n) is 4.81. The average molecular weight is 414 g/mol. The topological polar surface area (TPSA) is 73.3 Å². The maximum Gasteiger partial charge on any atom is 0.339 e. The van der Waals surface area contributed by atoms with Crippen molar-refractivity contribution in [1.82, 2.24) is 4.98 Å². The minimum Gasteiger partial charge on any atom is -0.378 e. The lowest BCUT2D eigenvalue weighted by Gasteiger charge is -2.24. The van der Waals surface area contributed by atoms with Gasteiger partial charge in [0.2, 0.25) is 0 Å². The van der Waals surface area contributed by atoms with Crippen LogP contribution < -0.4 is 4.18 Å². The minimum absolute atomic E-state index is 0.0625. The summed E-state index contributed by atoms with van der Waals surface area (Å²) in [6.07, 6.45) is 2.76. The molecule has 0 saturated carbocycles. The van der Waals surface area contributed by atoms with E-state index in [9.17, 15) is 13.2 Å². The normalized spacial score (nSPS) is 16.6. The molecule has 0 amide bonds. The van der Waals surface area contributed by atoms with Crippen LogP contribution in [0.5, 0.6) is 5.75 Å². The Bertz CT molecular complexity index is 1130. The summed E-state index contributed by atoms with van der Waals surface area (Å²) >= 11 is 1.49. The molecule has 3 aromatic rings. The number of aromatic nitrogens is 1. The zero-order chi connectivity index (χ0) is 19.9. The van der Waals surface area contributed by atoms with E-state index in [1.54, 1.807) is 30.5 Å². The summed E-state index contributed by atoms with van der Waals surface area (Å²) in [4.78, 5) is 17.2. The summed E-state index contributed by atoms with van der Waals surface area (Å²) < 4.78 is 30.9. The monoisotopic (exact) mass is 413 g/mol. The SMILES string of the molecule is Cc1ccc(S(=O)(=O)Oc2ccc(-c3nccs3)c3c2C(=O)CC(C)C3)cc1. The van der Waals surface area contributed by atoms with E-state index >= 15 is 0 Å². The number of carbonyl (C=O) groups excluding carboxylic acids is 1. The fourth-order valence-electron chi connectivity index (χ4n) is 3.48. The van der Waals surface area contributed by atoms with Crippen molar-refractivity contribution in [2.75, 3.05) is 0 Å². The number of nitrogens with zero attached hydrogens (tertiary/aromatic N) is 1. The number of ketones is 1. The number of benzene rings is 2. The third-order valence-corrected chi connectivity index (χ3v) is 6.87. The lowest BCUT2D eigenvalue weighted by Crippen LogP contribution is -2.21. The molecule has 1 heterocycles. The molecule has 0 saturated heterocycles. The molecule has 1 aliphatic carbocycles. The first-order valence-electron chi connectivity index (χ1n) is 8.95. The van der Waals surface area contributed by atoms with Gasteiger partial charge < -0.3 is 4.18 Å². The lowest BCUT2D eigenvalue weighted by atomic mass is 9.81. The van der Waals surface area contributed by atoms with Crippen LogP contribution in [-0.2, 0) is 16.5 Å². The molecule has 1 unspecified atom stereocenters. The molecule has 0 N–H and O–H groups in total. The van der Waals surface area contributed by atoms with Gasteiger partial charge in [-0.15, -0.1) is 11.3 Å². The van der Waals surface area contributed by atoms with Gasteiger partial charge in [-0.05, 0) is 49.1 Å². The van der Waals surface area contributed by atoms with Gasteiger partial charge in [-0.1, -0.05) is 24.6 Å². The molecule has 7 heteroatoms. The summed E-state index contributed by atoms with van der Waals surface area (Å²) in [7, 11) is -4.03. The molecule has 0 spiro atoms. The lowest BCUT2D eigenvalue weighted by molar-refractivity contribution is 0.0952. The highest BCUT2D eigenvalue weighted by Gasteiger charge is 2.31. The smallest absolute Gasteiger partial charge is 0.339 e. The number of aryl methyl sites for hydroxylation is 1. The predicted octanol–water partition coefficient (Wildman–Crippen LogP) is 4.65. The number of carbonyl (C=O) groups is 1. The summed E-state index contributed by atoms with van der Waals surface area (Å²) in [6.45, 7) is 3.90. The van der Waals surface area contributed by atoms with Gasteiger partial charge in [0.15, 0.2) is 11.5 Å². The zero-order valence-corrected chi connectivity index (χ0v) is 17.1. The van der Waals surface area contributed by atoms with Gasteiger partial charge in [0.05, 0.1) is 5.56 Å². The van der Waals surface area contributed by atoms with E-state index in [-0.39, 0.29) is 22.3 Å². The second-order valence-corrected chi connectivity index (χ2v) is 9.53. The first-order valence-corrected chi connectivity index (χ1v) is 11.2. The van der Waals surface area contributed by atoms with Gasteiger partial charge in [0, 0.05) is 23.6 Å². The highest BCUT2D eigenvalue weighted by Crippen LogP contribution is 2.40. The summed E-state index contributed by atoms with van der Waals surface area (Å²) in [5.74, 6) is 0.178. The standard InChI is InChI=1S/C21H19NO4S2/c1-13-3-5-15(6-4-13)28(24,25)26-19-8-7-16(21-22-9-10-27-21)17-11-14(2)12-18(23)20(17)19/h3-10,14H,11-12H2,1-2H3. The molecule has 1 aromatic heterocycles. The molecule has 1 aliphatic rings. The Hall–Kier alpha value is -2.51. The molecule has 144 valence electrons. The Balaban J connectivity index is 1.81. The van der Waals surface area contributed by atoms with Crippen LogP contribution in [0.25, 0.3) is 10.6 Å². The number of fused-ring (bicyclic) bond motifs is 1. The first kappa shape index (κ1) is 18.8. The molecule has 1 atom stereocenters. The van der Waals surface area contributed by atoms with Gasteiger partial charge in [-0.3, -0.25) is 4.79 Å². The van der Waals surface area contributed by atoms with E-state index in [1.807, 2.05) is 19.2 Å². The molecule has 4 rings (SSSR count). The zero-order valence-electron chi connectivity index (χ0n) is 15.5. The second kappa shape index (κ2) is 7.14. The van der Waals surface area contributed by atoms with Gasteiger partial charge >= 0.3 is 10.1 Å². The molecular formula is C21H19NO4S2. The van der Waals surface area contributed by atoms with Crippen LogP contribution in [0.3, 0.4) is 0 Å². The van der Waals surface area contributed by atoms with Crippen molar-refractivity contribution >= 4 is 27.2 Å². The number of hydrogen-bond acceptors (Lipinski definition) is 6. The average Bonchev–Trinajstić information content (AvgIpc) is 3.16. The highest BCUT2D eigenvalue weighted by atomic mass is 32.2. The molecule has 0 bridgehead atoms. The Morgan fingerprint density at radius 1 is 1.11 bits per heavy atom. The fourth-order valence-corrected chi connectivity index (χ4v) is 5.11. The summed E-state index contributed by atoms with van der Waals surface area (Å²) in [5.41, 5.74) is 3.00. The van der Waals surface area contributed by atoms with Crippen molar-refractivity contribution in [3.8, 4) is 16.3 Å². The number of rotatable bonds is 4. The quantitative estimate of drug-likeness (QED) is 0.582. The second-order valence-electron chi connectivity index (χ2n) is 7.09. The van der Waals surface area contributed by atoms with Crippen molar-refractivity contribution in [2.24, 2.45) is 5.92 Å². The number of Topliss-reactive ketones (excluding diaryl/α,β-unsaturated/α-hetero) is 1. The van der Waals surface area contributed by atoms with E-state index in [1.165, 1.54) is 23.5 Å². The maximum atomic E-state index is 12.8. The van der Waals surface area contributed by atoms with E-state index in [2.05, 4.69) is 4.98 Å². The first-order chi connectivity index (χ1) is 13.3. The predicted molar refractivity (Wildman–Crippen MR) is 108 cm³/mol. The third kappa shape index (κ3) is 3.47. The maximum absolute atomic E-state index is 12.8. The molecule has 2 aromatic carbocycles. The van der Waals surface area contributed by atoms with Crippen molar-refractivity contribution in [3.05, 3.63) is 64.7 Å². The summed E-state index contributed by atoms with van der Waals surface area (Å²) in [5, 5.41) is 2.69. The van der Waals surface area contributed by atoms with Crippen LogP contribution in [0.2, 0.25) is 0 Å². The Morgan fingerprint density at radius 2 is 1.86 bits per heavy atom. The van der Waals surface area contributed by atoms with Gasteiger partial charge in [-0.25, -0.2) is 4.98 Å². The van der Waals surface area contributed by atoms with E-state index in [4.69, 9.17) is 4.18 Å². The van der Waals surface area contributed by atoms with Gasteiger partial charge in [-0.2, -0.15) is 8.42 Å². The number of hydrogen-bond donors (Lipinski definition) is 0. The van der Waals surface area contributed by atoms with Crippen LogP contribution in [0.1, 0.15) is 34.8 Å². The molecule has 5 nitrogen and oxygen atoms in total. The molecule has 0 radical (unpaired) electrons. The van der Waals surface area contributed by atoms with Gasteiger partial charge in [0.1, 0.15) is 9.90 Å². The van der Waals surface area contributed by atoms with Crippen molar-refractivity contribution in [2.45, 2.75) is 31.6 Å².